The van der Waals surface area contributed by atoms with Crippen molar-refractivity contribution in [1.29, 1.82) is 0 Å². The van der Waals surface area contributed by atoms with E-state index in [4.69, 9.17) is 15.3 Å². The van der Waals surface area contributed by atoms with Gasteiger partial charge >= 0.3 is 5.97 Å². The first-order chi connectivity index (χ1) is 5.11. The van der Waals surface area contributed by atoms with E-state index in [1.807, 2.05) is 0 Å². The van der Waals surface area contributed by atoms with Gasteiger partial charge in [0, 0.05) is 0 Å². The van der Waals surface area contributed by atoms with Crippen LogP contribution in [-0.2, 0) is 0 Å². The first kappa shape index (κ1) is 7.26. The summed E-state index contributed by atoms with van der Waals surface area (Å²) in [5.41, 5.74) is -0.662. The molecule has 0 spiro atoms. The van der Waals surface area contributed by atoms with E-state index in [0.717, 1.165) is 6.20 Å². The highest BCUT2D eigenvalue weighted by Crippen LogP contribution is 2.12. The molecule has 0 aliphatic carbocycles. The Hall–Kier alpha value is -1.85. The molecule has 0 aliphatic rings. The molecule has 58 valence electrons. The Kier molecular flexibility index (Phi) is 1.59. The minimum absolute atomic E-state index is 0.541. The van der Waals surface area contributed by atoms with Crippen molar-refractivity contribution in [1.82, 2.24) is 9.97 Å². The van der Waals surface area contributed by atoms with Gasteiger partial charge in [0.25, 0.3) is 0 Å². The van der Waals surface area contributed by atoms with Gasteiger partial charge in [-0.15, -0.1) is 0 Å². The van der Waals surface area contributed by atoms with Crippen molar-refractivity contribution in [2.45, 2.75) is 0 Å². The molecule has 0 atom stereocenters. The summed E-state index contributed by atoms with van der Waals surface area (Å²) in [6.45, 7) is 0. The van der Waals surface area contributed by atoms with Crippen molar-refractivity contribution in [2.75, 3.05) is 0 Å². The van der Waals surface area contributed by atoms with Crippen LogP contribution in [0.3, 0.4) is 0 Å². The minimum Gasteiger partial charge on any atom is -0.492 e. The fourth-order valence-corrected chi connectivity index (χ4v) is 0.517. The molecular weight excluding hydrogens is 152 g/mol. The predicted octanol–water partition coefficient (Wildman–Crippen LogP) is -0.414. The monoisotopic (exact) mass is 156 g/mol. The number of aromatic carboxylic acids is 1. The molecule has 11 heavy (non-hydrogen) atoms. The molecule has 0 aromatic carbocycles. The average Bonchev–Trinajstić information content (AvgIpc) is 1.94. The lowest BCUT2D eigenvalue weighted by Gasteiger charge is -1.95. The summed E-state index contributed by atoms with van der Waals surface area (Å²) in [7, 11) is 0. The molecule has 1 heterocycles. The Balaban J connectivity index is 3.23. The lowest BCUT2D eigenvalue weighted by Crippen LogP contribution is -2.01. The summed E-state index contributed by atoms with van der Waals surface area (Å²) >= 11 is 0. The third-order valence-electron chi connectivity index (χ3n) is 0.943. The molecule has 6 heteroatoms. The van der Waals surface area contributed by atoms with E-state index in [0.29, 0.717) is 0 Å². The first-order valence-corrected chi connectivity index (χ1v) is 2.59. The van der Waals surface area contributed by atoms with E-state index in [1.54, 1.807) is 0 Å². The zero-order valence-corrected chi connectivity index (χ0v) is 5.22. The Morgan fingerprint density at radius 1 is 1.45 bits per heavy atom. The van der Waals surface area contributed by atoms with Crippen molar-refractivity contribution in [3.05, 3.63) is 11.9 Å². The van der Waals surface area contributed by atoms with Crippen LogP contribution in [0.4, 0.5) is 0 Å². The van der Waals surface area contributed by atoms with Gasteiger partial charge < -0.3 is 15.3 Å². The van der Waals surface area contributed by atoms with Gasteiger partial charge in [-0.05, 0) is 0 Å². The molecule has 3 N–H and O–H groups in total. The van der Waals surface area contributed by atoms with Crippen molar-refractivity contribution < 1.29 is 20.1 Å². The second-order valence-electron chi connectivity index (χ2n) is 1.71. The molecule has 0 saturated carbocycles. The van der Waals surface area contributed by atoms with Gasteiger partial charge in [-0.2, -0.15) is 4.98 Å². The number of rotatable bonds is 1. The van der Waals surface area contributed by atoms with Gasteiger partial charge in [-0.3, -0.25) is 0 Å². The van der Waals surface area contributed by atoms with Crippen LogP contribution < -0.4 is 0 Å². The van der Waals surface area contributed by atoms with Crippen LogP contribution in [-0.4, -0.2) is 31.3 Å². The summed E-state index contributed by atoms with van der Waals surface area (Å²) in [6.07, 6.45) is 0.849. The maximum Gasteiger partial charge on any atom is 0.360 e. The largest absolute Gasteiger partial charge is 0.492 e. The third-order valence-corrected chi connectivity index (χ3v) is 0.943. The lowest BCUT2D eigenvalue weighted by molar-refractivity contribution is 0.0684. The van der Waals surface area contributed by atoms with Crippen molar-refractivity contribution in [3.63, 3.8) is 0 Å². The fraction of sp³-hybridized carbons (Fsp3) is 0. The summed E-state index contributed by atoms with van der Waals surface area (Å²) < 4.78 is 0. The van der Waals surface area contributed by atoms with Crippen LogP contribution in [0.15, 0.2) is 6.20 Å². The van der Waals surface area contributed by atoms with Crippen LogP contribution in [0.1, 0.15) is 10.5 Å². The number of aromatic nitrogens is 2. The number of aromatic hydroxyl groups is 2. The molecule has 0 bridgehead atoms. The second-order valence-corrected chi connectivity index (χ2v) is 1.71. The fourth-order valence-electron chi connectivity index (χ4n) is 0.517. The highest BCUT2D eigenvalue weighted by atomic mass is 16.4. The molecule has 0 fully saturated rings. The maximum atomic E-state index is 10.2. The van der Waals surface area contributed by atoms with E-state index in [9.17, 15) is 4.79 Å². The smallest absolute Gasteiger partial charge is 0.360 e. The van der Waals surface area contributed by atoms with Crippen LogP contribution in [0.2, 0.25) is 0 Å². The first-order valence-electron chi connectivity index (χ1n) is 2.59. The summed E-state index contributed by atoms with van der Waals surface area (Å²) in [5.74, 6) is -2.69. The van der Waals surface area contributed by atoms with Crippen molar-refractivity contribution >= 4 is 5.97 Å². The predicted molar refractivity (Wildman–Crippen MR) is 32.3 cm³/mol. The van der Waals surface area contributed by atoms with E-state index in [-0.39, 0.29) is 0 Å². The Labute approximate surface area is 60.8 Å². The molecule has 6 nitrogen and oxygen atoms in total. The SMILES string of the molecule is O=C(O)c1nc(O)cnc1O. The standard InChI is InChI=1S/C5H4N2O4/c8-2-1-6-4(9)3(7-2)5(10)11/h1H,(H,6,9)(H,7,8)(H,10,11). The van der Waals surface area contributed by atoms with Gasteiger partial charge in [-0.25, -0.2) is 9.78 Å². The molecule has 0 amide bonds. The van der Waals surface area contributed by atoms with E-state index >= 15 is 0 Å². The van der Waals surface area contributed by atoms with Crippen molar-refractivity contribution in [3.8, 4) is 11.8 Å². The molecule has 0 radical (unpaired) electrons. The third kappa shape index (κ3) is 1.34. The highest BCUT2D eigenvalue weighted by molar-refractivity contribution is 5.87. The van der Waals surface area contributed by atoms with Crippen LogP contribution >= 0.6 is 0 Å². The number of carbonyl (C=O) groups is 1. The highest BCUT2D eigenvalue weighted by Gasteiger charge is 2.12. The molecule has 0 aliphatic heterocycles. The Bertz CT molecular complexity index is 299. The Morgan fingerprint density at radius 2 is 2.09 bits per heavy atom. The van der Waals surface area contributed by atoms with E-state index in [2.05, 4.69) is 9.97 Å². The molecule has 1 aromatic heterocycles. The average molecular weight is 156 g/mol. The van der Waals surface area contributed by atoms with Gasteiger partial charge in [0.05, 0.1) is 6.20 Å². The van der Waals surface area contributed by atoms with Gasteiger partial charge in [0.2, 0.25) is 17.5 Å². The minimum atomic E-state index is -1.44. The molecular formula is C5H4N2O4. The van der Waals surface area contributed by atoms with Crippen LogP contribution in [0, 0.1) is 0 Å². The number of carboxylic acids is 1. The van der Waals surface area contributed by atoms with Crippen LogP contribution in [0.25, 0.3) is 0 Å². The quantitative estimate of drug-likeness (QED) is 0.510. The van der Waals surface area contributed by atoms with Gasteiger partial charge in [-0.1, -0.05) is 0 Å². The molecule has 1 aromatic rings. The zero-order chi connectivity index (χ0) is 8.43. The molecule has 0 unspecified atom stereocenters. The molecule has 0 saturated heterocycles. The summed E-state index contributed by atoms with van der Waals surface area (Å²) in [6, 6.07) is 0. The second kappa shape index (κ2) is 2.41. The van der Waals surface area contributed by atoms with Crippen LogP contribution in [0.5, 0.6) is 11.8 Å². The number of nitrogens with zero attached hydrogens (tertiary/aromatic N) is 2. The van der Waals surface area contributed by atoms with E-state index < -0.39 is 23.4 Å². The van der Waals surface area contributed by atoms with Gasteiger partial charge in [0.1, 0.15) is 0 Å². The normalized spacial score (nSPS) is 9.45. The lowest BCUT2D eigenvalue weighted by atomic mass is 10.4. The Morgan fingerprint density at radius 3 is 2.55 bits per heavy atom. The molecule has 1 rings (SSSR count). The zero-order valence-electron chi connectivity index (χ0n) is 5.22. The van der Waals surface area contributed by atoms with Crippen molar-refractivity contribution in [2.24, 2.45) is 0 Å². The number of hydrogen-bond donors (Lipinski definition) is 3. The summed E-state index contributed by atoms with van der Waals surface area (Å²) in [4.78, 5) is 16.5. The maximum absolute atomic E-state index is 10.2. The summed E-state index contributed by atoms with van der Waals surface area (Å²) in [5, 5.41) is 25.7. The number of carboxylic acid groups (broad SMARTS) is 1. The topological polar surface area (TPSA) is 104 Å². The van der Waals surface area contributed by atoms with Gasteiger partial charge in [0.15, 0.2) is 0 Å². The number of hydrogen-bond acceptors (Lipinski definition) is 5. The van der Waals surface area contributed by atoms with E-state index in [1.165, 1.54) is 0 Å².